The van der Waals surface area contributed by atoms with Crippen molar-refractivity contribution >= 4 is 28.4 Å². The van der Waals surface area contributed by atoms with Crippen molar-refractivity contribution in [1.82, 2.24) is 9.55 Å². The lowest BCUT2D eigenvalue weighted by atomic mass is 10.1. The maximum Gasteiger partial charge on any atom is 0.260 e. The molecule has 0 unspecified atom stereocenters. The van der Waals surface area contributed by atoms with Crippen LogP contribution in [-0.4, -0.2) is 20.6 Å². The van der Waals surface area contributed by atoms with Crippen molar-refractivity contribution in [2.45, 2.75) is 0 Å². The molecule has 0 atom stereocenters. The maximum absolute atomic E-state index is 12.3. The summed E-state index contributed by atoms with van der Waals surface area (Å²) < 4.78 is 2.06. The minimum Gasteiger partial charge on any atom is -0.507 e. The number of fused-ring (bicyclic) bond motifs is 1. The van der Waals surface area contributed by atoms with Crippen LogP contribution in [0.25, 0.3) is 22.2 Å². The lowest BCUT2D eigenvalue weighted by Crippen LogP contribution is -2.13. The fraction of sp³-hybridized carbons (Fsp3) is 0.0476. The molecule has 0 radical (unpaired) electrons. The van der Waals surface area contributed by atoms with E-state index >= 15 is 0 Å². The Labute approximate surface area is 155 Å². The van der Waals surface area contributed by atoms with Gasteiger partial charge >= 0.3 is 0 Å². The van der Waals surface area contributed by atoms with Crippen LogP contribution < -0.4 is 11.1 Å². The molecule has 2 aromatic carbocycles. The number of benzene rings is 2. The van der Waals surface area contributed by atoms with Crippen LogP contribution in [0, 0.1) is 0 Å². The summed E-state index contributed by atoms with van der Waals surface area (Å²) in [6.45, 7) is 0. The summed E-state index contributed by atoms with van der Waals surface area (Å²) in [6, 6.07) is 20.0. The maximum atomic E-state index is 12.3. The molecule has 0 fully saturated rings. The number of aromatic hydroxyl groups is 1. The van der Waals surface area contributed by atoms with E-state index < -0.39 is 5.91 Å². The van der Waals surface area contributed by atoms with Gasteiger partial charge in [-0.3, -0.25) is 4.79 Å². The molecule has 0 aliphatic carbocycles. The average molecular weight is 358 g/mol. The third-order valence-electron chi connectivity index (χ3n) is 4.54. The average Bonchev–Trinajstić information content (AvgIpc) is 2.99. The van der Waals surface area contributed by atoms with Gasteiger partial charge in [-0.1, -0.05) is 30.3 Å². The van der Waals surface area contributed by atoms with E-state index in [-0.39, 0.29) is 11.3 Å². The molecule has 134 valence electrons. The van der Waals surface area contributed by atoms with E-state index in [0.29, 0.717) is 11.6 Å². The van der Waals surface area contributed by atoms with Crippen LogP contribution in [0.4, 0.5) is 11.6 Å². The van der Waals surface area contributed by atoms with Crippen LogP contribution in [-0.2, 0) is 7.05 Å². The normalized spacial score (nSPS) is 10.9. The summed E-state index contributed by atoms with van der Waals surface area (Å²) >= 11 is 0. The Morgan fingerprint density at radius 2 is 1.81 bits per heavy atom. The number of hydrogen-bond donors (Lipinski definition) is 3. The van der Waals surface area contributed by atoms with E-state index in [1.54, 1.807) is 18.2 Å². The molecular formula is C21H18N4O2. The highest BCUT2D eigenvalue weighted by Gasteiger charge is 2.14. The number of phenolic OH excluding ortho intramolecular Hbond substituents is 1. The first-order valence-electron chi connectivity index (χ1n) is 8.45. The van der Waals surface area contributed by atoms with Gasteiger partial charge in [0.05, 0.1) is 11.3 Å². The molecule has 4 aromatic rings. The molecule has 6 nitrogen and oxygen atoms in total. The number of aryl methyl sites for hydroxylation is 1. The van der Waals surface area contributed by atoms with Crippen molar-refractivity contribution < 1.29 is 9.90 Å². The Hall–Kier alpha value is -3.80. The number of para-hydroxylation sites is 2. The first-order valence-corrected chi connectivity index (χ1v) is 8.45. The second-order valence-electron chi connectivity index (χ2n) is 6.25. The van der Waals surface area contributed by atoms with Crippen LogP contribution in [0.1, 0.15) is 10.4 Å². The summed E-state index contributed by atoms with van der Waals surface area (Å²) in [7, 11) is 1.98. The second-order valence-corrected chi connectivity index (χ2v) is 6.25. The number of carbonyl (C=O) groups is 1. The molecule has 6 heteroatoms. The molecule has 4 rings (SSSR count). The van der Waals surface area contributed by atoms with Gasteiger partial charge in [-0.2, -0.15) is 0 Å². The molecule has 0 aliphatic rings. The summed E-state index contributed by atoms with van der Waals surface area (Å²) in [5, 5.41) is 13.6. The Balaban J connectivity index is 1.66. The zero-order valence-corrected chi connectivity index (χ0v) is 14.7. The minimum absolute atomic E-state index is 0.0879. The van der Waals surface area contributed by atoms with Gasteiger partial charge in [0.15, 0.2) is 0 Å². The van der Waals surface area contributed by atoms with E-state index in [0.717, 1.165) is 22.2 Å². The highest BCUT2D eigenvalue weighted by atomic mass is 16.3. The van der Waals surface area contributed by atoms with E-state index in [2.05, 4.69) is 20.9 Å². The summed E-state index contributed by atoms with van der Waals surface area (Å²) in [6.07, 6.45) is 0. The fourth-order valence-corrected chi connectivity index (χ4v) is 3.16. The van der Waals surface area contributed by atoms with Crippen molar-refractivity contribution in [2.24, 2.45) is 7.05 Å². The quantitative estimate of drug-likeness (QED) is 0.519. The predicted molar refractivity (Wildman–Crippen MR) is 107 cm³/mol. The van der Waals surface area contributed by atoms with Crippen LogP contribution in [0.15, 0.2) is 66.7 Å². The van der Waals surface area contributed by atoms with Crippen LogP contribution in [0.5, 0.6) is 5.75 Å². The Morgan fingerprint density at radius 1 is 1.07 bits per heavy atom. The number of phenols is 1. The summed E-state index contributed by atoms with van der Waals surface area (Å²) in [5.74, 6) is 0.103. The van der Waals surface area contributed by atoms with Gasteiger partial charge in [0.25, 0.3) is 5.91 Å². The number of nitrogen functional groups attached to an aromatic ring is 1. The van der Waals surface area contributed by atoms with E-state index in [1.165, 1.54) is 12.1 Å². The lowest BCUT2D eigenvalue weighted by molar-refractivity contribution is 0.102. The molecule has 0 aliphatic heterocycles. The topological polar surface area (TPSA) is 93.2 Å². The van der Waals surface area contributed by atoms with Gasteiger partial charge in [-0.25, -0.2) is 4.98 Å². The molecule has 0 saturated carbocycles. The molecule has 0 spiro atoms. The van der Waals surface area contributed by atoms with Crippen LogP contribution in [0.3, 0.4) is 0 Å². The molecule has 4 N–H and O–H groups in total. The standard InChI is InChI=1S/C21H18N4O2/c1-25-16-8-4-2-6-13(16)12-17(25)14-10-11-19(23-20(14)22)24-21(27)15-7-3-5-9-18(15)26/h2-12,26H,1H3,(H3,22,23,24,27). The first kappa shape index (κ1) is 16.7. The van der Waals surface area contributed by atoms with Crippen molar-refractivity contribution in [3.05, 3.63) is 72.3 Å². The third-order valence-corrected chi connectivity index (χ3v) is 4.54. The van der Waals surface area contributed by atoms with E-state index in [1.807, 2.05) is 37.4 Å². The van der Waals surface area contributed by atoms with Gasteiger partial charge < -0.3 is 20.7 Å². The molecule has 2 heterocycles. The Bertz CT molecular complexity index is 1160. The number of hydrogen-bond acceptors (Lipinski definition) is 4. The number of nitrogens with two attached hydrogens (primary N) is 1. The van der Waals surface area contributed by atoms with Gasteiger partial charge in [0.1, 0.15) is 17.4 Å². The van der Waals surface area contributed by atoms with Crippen molar-refractivity contribution in [1.29, 1.82) is 0 Å². The largest absolute Gasteiger partial charge is 0.507 e. The Morgan fingerprint density at radius 3 is 2.56 bits per heavy atom. The molecule has 0 saturated heterocycles. The monoisotopic (exact) mass is 358 g/mol. The molecule has 27 heavy (non-hydrogen) atoms. The number of nitrogens with one attached hydrogen (secondary N) is 1. The van der Waals surface area contributed by atoms with Crippen molar-refractivity contribution in [2.75, 3.05) is 11.1 Å². The summed E-state index contributed by atoms with van der Waals surface area (Å²) in [5.41, 5.74) is 9.17. The van der Waals surface area contributed by atoms with E-state index in [9.17, 15) is 9.90 Å². The number of rotatable bonds is 3. The fourth-order valence-electron chi connectivity index (χ4n) is 3.16. The number of carbonyl (C=O) groups excluding carboxylic acids is 1. The number of aromatic nitrogens is 2. The third kappa shape index (κ3) is 2.97. The molecule has 2 aromatic heterocycles. The molecule has 1 amide bonds. The molecule has 0 bridgehead atoms. The smallest absolute Gasteiger partial charge is 0.260 e. The first-order chi connectivity index (χ1) is 13.0. The Kier molecular flexibility index (Phi) is 4.01. The summed E-state index contributed by atoms with van der Waals surface area (Å²) in [4.78, 5) is 16.6. The van der Waals surface area contributed by atoms with Gasteiger partial charge in [0.2, 0.25) is 0 Å². The number of anilines is 2. The second kappa shape index (κ2) is 6.49. The number of nitrogens with zero attached hydrogens (tertiary/aromatic N) is 2. The predicted octanol–water partition coefficient (Wildman–Crippen LogP) is 3.78. The van der Waals surface area contributed by atoms with Gasteiger partial charge in [0, 0.05) is 23.5 Å². The van der Waals surface area contributed by atoms with Crippen molar-refractivity contribution in [3.8, 4) is 17.0 Å². The van der Waals surface area contributed by atoms with Gasteiger partial charge in [-0.05, 0) is 36.4 Å². The minimum atomic E-state index is -0.447. The molecular weight excluding hydrogens is 340 g/mol. The van der Waals surface area contributed by atoms with Gasteiger partial charge in [-0.15, -0.1) is 0 Å². The lowest BCUT2D eigenvalue weighted by Gasteiger charge is -2.10. The SMILES string of the molecule is Cn1c(-c2ccc(NC(=O)c3ccccc3O)nc2N)cc2ccccc21. The zero-order chi connectivity index (χ0) is 19.0. The highest BCUT2D eigenvalue weighted by molar-refractivity contribution is 6.05. The number of pyridine rings is 1. The van der Waals surface area contributed by atoms with Crippen LogP contribution in [0.2, 0.25) is 0 Å². The van der Waals surface area contributed by atoms with Crippen molar-refractivity contribution in [3.63, 3.8) is 0 Å². The van der Waals surface area contributed by atoms with E-state index in [4.69, 9.17) is 5.73 Å². The number of amides is 1. The highest BCUT2D eigenvalue weighted by Crippen LogP contribution is 2.31. The zero-order valence-electron chi connectivity index (χ0n) is 14.7. The van der Waals surface area contributed by atoms with Crippen LogP contribution >= 0.6 is 0 Å².